The summed E-state index contributed by atoms with van der Waals surface area (Å²) in [5, 5.41) is 0. The molecule has 0 N–H and O–H groups in total. The Kier molecular flexibility index (Phi) is 8.16. The van der Waals surface area contributed by atoms with E-state index >= 15 is 0 Å². The molecule has 3 heterocycles. The van der Waals surface area contributed by atoms with Crippen LogP contribution in [0, 0.1) is 0 Å². The minimum atomic E-state index is -0.817. The number of halogens is 2. The molecular weight excluding hydrogens is 664 g/mol. The molecule has 4 aromatic rings. The van der Waals surface area contributed by atoms with Gasteiger partial charge in [-0.3, -0.25) is 9.36 Å². The van der Waals surface area contributed by atoms with Crippen LogP contribution in [-0.4, -0.2) is 31.4 Å². The summed E-state index contributed by atoms with van der Waals surface area (Å²) in [6.07, 6.45) is 1.69. The number of fused-ring (bicyclic) bond motifs is 1. The number of rotatable bonds is 7. The molecule has 0 amide bonds. The molecule has 0 spiro atoms. The normalized spacial score (nSPS) is 15.1. The van der Waals surface area contributed by atoms with Crippen molar-refractivity contribution in [3.8, 4) is 22.8 Å². The molecule has 0 aliphatic carbocycles. The molecule has 2 aromatic heterocycles. The van der Waals surface area contributed by atoms with E-state index in [0.29, 0.717) is 43.6 Å². The first-order valence-electron chi connectivity index (χ1n) is 12.2. The first kappa shape index (κ1) is 28.1. The zero-order chi connectivity index (χ0) is 28.6. The minimum Gasteiger partial charge on any atom is -0.497 e. The van der Waals surface area contributed by atoms with E-state index in [0.717, 1.165) is 14.5 Å². The molecule has 0 fully saturated rings. The quantitative estimate of drug-likeness (QED) is 0.235. The summed E-state index contributed by atoms with van der Waals surface area (Å²) in [7, 11) is 3.09. The summed E-state index contributed by atoms with van der Waals surface area (Å²) in [5.41, 5.74) is 1.89. The second-order valence-corrected chi connectivity index (χ2v) is 11.5. The molecule has 0 saturated heterocycles. The van der Waals surface area contributed by atoms with Crippen LogP contribution in [0.2, 0.25) is 0 Å². The summed E-state index contributed by atoms with van der Waals surface area (Å²) in [6.45, 7) is 3.65. The Labute approximate surface area is 250 Å². The highest BCUT2D eigenvalue weighted by Gasteiger charge is 2.35. The molecule has 1 aliphatic heterocycles. The Hall–Kier alpha value is -3.41. The van der Waals surface area contributed by atoms with Crippen LogP contribution in [0.25, 0.3) is 17.4 Å². The molecule has 1 aliphatic rings. The van der Waals surface area contributed by atoms with Gasteiger partial charge in [0.25, 0.3) is 5.56 Å². The minimum absolute atomic E-state index is 0.182. The fraction of sp³-hybridized carbons (Fsp3) is 0.207. The highest BCUT2D eigenvalue weighted by molar-refractivity contribution is 9.11. The second-order valence-electron chi connectivity index (χ2n) is 8.74. The van der Waals surface area contributed by atoms with Gasteiger partial charge >= 0.3 is 5.97 Å². The highest BCUT2D eigenvalue weighted by Crippen LogP contribution is 2.38. The largest absolute Gasteiger partial charge is 0.497 e. The number of hydrogen-bond donors (Lipinski definition) is 0. The van der Waals surface area contributed by atoms with E-state index < -0.39 is 12.0 Å². The summed E-state index contributed by atoms with van der Waals surface area (Å²) in [5.74, 6) is 1.65. The van der Waals surface area contributed by atoms with Crippen molar-refractivity contribution in [2.24, 2.45) is 4.99 Å². The van der Waals surface area contributed by atoms with E-state index in [2.05, 4.69) is 36.9 Å². The van der Waals surface area contributed by atoms with Crippen LogP contribution in [-0.2, 0) is 9.53 Å². The van der Waals surface area contributed by atoms with Crippen molar-refractivity contribution in [1.29, 1.82) is 0 Å². The van der Waals surface area contributed by atoms with Crippen LogP contribution in [0.4, 0.5) is 0 Å². The number of nitrogens with zero attached hydrogens (tertiary/aromatic N) is 2. The van der Waals surface area contributed by atoms with Gasteiger partial charge in [-0.05, 0) is 56.3 Å². The van der Waals surface area contributed by atoms with Crippen molar-refractivity contribution in [1.82, 2.24) is 4.57 Å². The number of carbonyl (C=O) groups excluding carboxylic acids is 1. The number of furan rings is 1. The van der Waals surface area contributed by atoms with Gasteiger partial charge < -0.3 is 18.6 Å². The number of ether oxygens (including phenoxy) is 3. The van der Waals surface area contributed by atoms with Gasteiger partial charge in [0.1, 0.15) is 29.1 Å². The van der Waals surface area contributed by atoms with Gasteiger partial charge in [-0.1, -0.05) is 43.2 Å². The molecule has 5 rings (SSSR count). The zero-order valence-corrected chi connectivity index (χ0v) is 26.0. The lowest BCUT2D eigenvalue weighted by Crippen LogP contribution is -2.40. The Bertz CT molecular complexity index is 1840. The molecule has 40 heavy (non-hydrogen) atoms. The lowest BCUT2D eigenvalue weighted by molar-refractivity contribution is -0.139. The Morgan fingerprint density at radius 3 is 2.65 bits per heavy atom. The topological polar surface area (TPSA) is 92.3 Å². The second kappa shape index (κ2) is 11.6. The smallest absolute Gasteiger partial charge is 0.338 e. The Morgan fingerprint density at radius 2 is 1.93 bits per heavy atom. The van der Waals surface area contributed by atoms with Gasteiger partial charge in [0.2, 0.25) is 0 Å². The number of aromatic nitrogens is 1. The predicted molar refractivity (Wildman–Crippen MR) is 159 cm³/mol. The van der Waals surface area contributed by atoms with E-state index in [1.807, 2.05) is 24.3 Å². The van der Waals surface area contributed by atoms with E-state index in [9.17, 15) is 9.59 Å². The van der Waals surface area contributed by atoms with Gasteiger partial charge in [0, 0.05) is 32.2 Å². The SMILES string of the molecule is CCOC(=O)C1=C(C)N=c2s/c(=C/c3ccc(-c4cc(Br)ccc4Br)o3)c(=O)n2[C@H]1c1ccc(OC)cc1OC. The number of esters is 1. The number of hydrogen-bond acceptors (Lipinski definition) is 8. The molecule has 1 atom stereocenters. The standard InChI is InChI=1S/C29H24Br2N2O6S/c1-5-38-28(35)25-15(2)32-29-33(26(25)19-9-7-17(36-3)13-23(19)37-4)27(34)24(40-29)14-18-8-11-22(39-18)20-12-16(30)6-10-21(20)31/h6-14,26H,5H2,1-4H3/b24-14+/t26-/m0/s1. The van der Waals surface area contributed by atoms with Gasteiger partial charge in [-0.15, -0.1) is 0 Å². The molecule has 11 heteroatoms. The third-order valence-corrected chi connectivity index (χ3v) is 8.51. The van der Waals surface area contributed by atoms with E-state index in [4.69, 9.17) is 18.6 Å². The maximum absolute atomic E-state index is 13.9. The maximum Gasteiger partial charge on any atom is 0.338 e. The Balaban J connectivity index is 1.68. The number of benzene rings is 2. The van der Waals surface area contributed by atoms with E-state index in [1.165, 1.54) is 23.0 Å². The fourth-order valence-corrected chi connectivity index (χ4v) is 6.35. The molecular formula is C29H24Br2N2O6S. The van der Waals surface area contributed by atoms with Crippen LogP contribution in [0.3, 0.4) is 0 Å². The average molecular weight is 688 g/mol. The van der Waals surface area contributed by atoms with Crippen molar-refractivity contribution in [3.05, 3.63) is 99.8 Å². The lowest BCUT2D eigenvalue weighted by Gasteiger charge is -2.26. The van der Waals surface area contributed by atoms with Crippen LogP contribution < -0.4 is 24.4 Å². The summed E-state index contributed by atoms with van der Waals surface area (Å²) >= 11 is 8.27. The number of allylic oxidation sites excluding steroid dienone is 1. The van der Waals surface area contributed by atoms with Gasteiger partial charge in [0.15, 0.2) is 4.80 Å². The van der Waals surface area contributed by atoms with Crippen LogP contribution in [0.1, 0.15) is 31.2 Å². The maximum atomic E-state index is 13.9. The van der Waals surface area contributed by atoms with Crippen molar-refractivity contribution in [2.45, 2.75) is 19.9 Å². The molecule has 206 valence electrons. The average Bonchev–Trinajstić information content (AvgIpc) is 3.53. The highest BCUT2D eigenvalue weighted by atomic mass is 79.9. The number of methoxy groups -OCH3 is 2. The third kappa shape index (κ3) is 5.21. The molecule has 2 aromatic carbocycles. The monoisotopic (exact) mass is 686 g/mol. The molecule has 0 bridgehead atoms. The lowest BCUT2D eigenvalue weighted by atomic mass is 9.95. The summed E-state index contributed by atoms with van der Waals surface area (Å²) in [6, 6.07) is 13.9. The fourth-order valence-electron chi connectivity index (χ4n) is 4.52. The molecule has 8 nitrogen and oxygen atoms in total. The molecule has 0 unspecified atom stereocenters. The number of carbonyl (C=O) groups is 1. The first-order chi connectivity index (χ1) is 19.2. The van der Waals surface area contributed by atoms with Crippen molar-refractivity contribution in [3.63, 3.8) is 0 Å². The van der Waals surface area contributed by atoms with Gasteiger partial charge in [-0.2, -0.15) is 0 Å². The van der Waals surface area contributed by atoms with Crippen LogP contribution >= 0.6 is 43.2 Å². The van der Waals surface area contributed by atoms with E-state index in [-0.39, 0.29) is 17.7 Å². The molecule has 0 radical (unpaired) electrons. The van der Waals surface area contributed by atoms with E-state index in [1.54, 1.807) is 51.3 Å². The zero-order valence-electron chi connectivity index (χ0n) is 22.0. The van der Waals surface area contributed by atoms with Crippen molar-refractivity contribution < 1.29 is 23.4 Å². The number of thiazole rings is 1. The summed E-state index contributed by atoms with van der Waals surface area (Å²) in [4.78, 5) is 32.2. The van der Waals surface area contributed by atoms with Gasteiger partial charge in [-0.25, -0.2) is 9.79 Å². The van der Waals surface area contributed by atoms with Crippen molar-refractivity contribution >= 4 is 55.2 Å². The Morgan fingerprint density at radius 1 is 1.12 bits per heavy atom. The molecule has 0 saturated carbocycles. The predicted octanol–water partition coefficient (Wildman–Crippen LogP) is 5.60. The summed E-state index contributed by atoms with van der Waals surface area (Å²) < 4.78 is 26.2. The third-order valence-electron chi connectivity index (χ3n) is 6.35. The van der Waals surface area contributed by atoms with Gasteiger partial charge in [0.05, 0.1) is 36.6 Å². The van der Waals surface area contributed by atoms with Crippen LogP contribution in [0.15, 0.2) is 83.0 Å². The first-order valence-corrected chi connectivity index (χ1v) is 14.6. The van der Waals surface area contributed by atoms with Crippen LogP contribution in [0.5, 0.6) is 11.5 Å². The van der Waals surface area contributed by atoms with Crippen molar-refractivity contribution in [2.75, 3.05) is 20.8 Å².